The number of hydrogen-bond donors (Lipinski definition) is 1. The summed E-state index contributed by atoms with van der Waals surface area (Å²) >= 11 is 4.30. The van der Waals surface area contributed by atoms with E-state index in [0.29, 0.717) is 18.0 Å². The van der Waals surface area contributed by atoms with E-state index in [1.54, 1.807) is 19.2 Å². The minimum atomic E-state index is -0.429. The Kier molecular flexibility index (Phi) is 3.45. The predicted molar refractivity (Wildman–Crippen MR) is 42.7 cm³/mol. The van der Waals surface area contributed by atoms with Gasteiger partial charge in [-0.3, -0.25) is 0 Å². The van der Waals surface area contributed by atoms with Gasteiger partial charge in [0.2, 0.25) is 0 Å². The van der Waals surface area contributed by atoms with Crippen molar-refractivity contribution in [2.24, 2.45) is 9.75 Å². The minimum absolute atomic E-state index is 0.327. The van der Waals surface area contributed by atoms with Crippen molar-refractivity contribution >= 4 is 11.8 Å². The summed E-state index contributed by atoms with van der Waals surface area (Å²) in [6.45, 7) is 2.06. The van der Waals surface area contributed by atoms with Crippen LogP contribution in [0.2, 0.25) is 0 Å². The topological polar surface area (TPSA) is 66.8 Å². The van der Waals surface area contributed by atoms with Crippen LogP contribution in [0.25, 0.3) is 0 Å². The van der Waals surface area contributed by atoms with Crippen LogP contribution >= 0.6 is 0 Å². The van der Waals surface area contributed by atoms with Crippen molar-refractivity contribution in [3.63, 3.8) is 0 Å². The Bertz CT molecular complexity index is 321. The lowest BCUT2D eigenvalue weighted by atomic mass is 10.3. The van der Waals surface area contributed by atoms with Crippen LogP contribution in [0.4, 0.5) is 5.82 Å². The summed E-state index contributed by atoms with van der Waals surface area (Å²) in [5.74, 6) is -0.102. The number of hydrogen-bond acceptors (Lipinski definition) is 4. The molecule has 0 saturated carbocycles. The average Bonchev–Trinajstić information content (AvgIpc) is 2.54. The van der Waals surface area contributed by atoms with Gasteiger partial charge in [0.1, 0.15) is 10.2 Å². The molecule has 1 aromatic heterocycles. The molecule has 13 heavy (non-hydrogen) atoms. The van der Waals surface area contributed by atoms with Crippen molar-refractivity contribution in [2.45, 2.75) is 6.92 Å². The van der Waals surface area contributed by atoms with Gasteiger partial charge in [0.25, 0.3) is 0 Å². The first-order valence-corrected chi connectivity index (χ1v) is 4.04. The maximum absolute atomic E-state index is 11.2. The lowest BCUT2D eigenvalue weighted by molar-refractivity contribution is -0.382. The van der Waals surface area contributed by atoms with Crippen molar-refractivity contribution in [3.8, 4) is 0 Å². The van der Waals surface area contributed by atoms with E-state index in [1.165, 1.54) is 0 Å². The smallest absolute Gasteiger partial charge is 0.342 e. The van der Waals surface area contributed by atoms with Gasteiger partial charge in [-0.2, -0.15) is 0 Å². The van der Waals surface area contributed by atoms with Gasteiger partial charge in [-0.05, 0) is 13.0 Å². The molecule has 0 amide bonds. The molecule has 0 aliphatic carbocycles. The van der Waals surface area contributed by atoms with Crippen molar-refractivity contribution in [1.82, 2.24) is 4.98 Å². The molecule has 0 aromatic carbocycles. The molecule has 0 spiro atoms. The number of rotatable bonds is 3. The molecule has 1 aromatic rings. The first-order valence-electron chi connectivity index (χ1n) is 3.67. The van der Waals surface area contributed by atoms with Crippen LogP contribution in [0.5, 0.6) is 0 Å². The zero-order valence-corrected chi connectivity index (χ0v) is 7.80. The third-order valence-electron chi connectivity index (χ3n) is 1.36. The Balaban J connectivity index is 2.87. The molecule has 1 heterocycles. The molecule has 0 atom stereocenters. The first kappa shape index (κ1) is 9.73. The largest absolute Gasteiger partial charge is 0.462 e. The first-order chi connectivity index (χ1) is 6.29. The van der Waals surface area contributed by atoms with Gasteiger partial charge in [-0.15, -0.1) is 0 Å². The number of aromatic amines is 1. The monoisotopic (exact) mass is 202 g/mol. The molecule has 1 N–H and O–H groups in total. The molecule has 5 nitrogen and oxygen atoms in total. The maximum atomic E-state index is 11.2. The molecule has 0 aliphatic heterocycles. The van der Waals surface area contributed by atoms with Crippen molar-refractivity contribution in [1.29, 1.82) is 0 Å². The van der Waals surface area contributed by atoms with Gasteiger partial charge < -0.3 is 9.72 Å². The van der Waals surface area contributed by atoms with Crippen LogP contribution < -0.4 is 0 Å². The highest BCUT2D eigenvalue weighted by Crippen LogP contribution is 2.17. The molecule has 6 heteroatoms. The van der Waals surface area contributed by atoms with Gasteiger partial charge in [0.05, 0.1) is 6.61 Å². The minimum Gasteiger partial charge on any atom is -0.462 e. The quantitative estimate of drug-likeness (QED) is 0.596. The highest BCUT2D eigenvalue weighted by Gasteiger charge is 2.13. The van der Waals surface area contributed by atoms with E-state index in [2.05, 4.69) is 26.5 Å². The maximum Gasteiger partial charge on any atom is 0.342 e. The second-order valence-corrected chi connectivity index (χ2v) is 2.31. The fourth-order valence-electron chi connectivity index (χ4n) is 0.858. The van der Waals surface area contributed by atoms with Crippen LogP contribution in [0.1, 0.15) is 17.3 Å². The third kappa shape index (κ3) is 2.29. The Hall–Kier alpha value is -1.36. The Morgan fingerprint density at radius 2 is 2.54 bits per heavy atom. The van der Waals surface area contributed by atoms with E-state index in [0.717, 1.165) is 0 Å². The standard InChI is InChI=1S/C7H8ClN3O2/c1-2-13-7(12)5-3-4-9-6(5)10-11-8/h3-4,8H,2H2,1H3/p+1. The van der Waals surface area contributed by atoms with Gasteiger partial charge in [-0.1, -0.05) is 5.11 Å². The number of carbonyl (C=O) groups excluding carboxylic acids is 1. The Morgan fingerprint density at radius 3 is 3.15 bits per heavy atom. The fourth-order valence-corrected chi connectivity index (χ4v) is 0.939. The van der Waals surface area contributed by atoms with E-state index < -0.39 is 5.97 Å². The third-order valence-corrected chi connectivity index (χ3v) is 1.44. The van der Waals surface area contributed by atoms with Crippen LogP contribution in [-0.2, 0) is 4.74 Å². The fraction of sp³-hybridized carbons (Fsp3) is 0.286. The molecule has 0 bridgehead atoms. The molecule has 0 fully saturated rings. The van der Waals surface area contributed by atoms with Crippen LogP contribution in [0.3, 0.4) is 0 Å². The number of esters is 1. The number of carbonyl (C=O) groups is 1. The summed E-state index contributed by atoms with van der Waals surface area (Å²) in [6, 6.07) is 1.57. The number of aromatic nitrogens is 1. The van der Waals surface area contributed by atoms with E-state index in [4.69, 9.17) is 4.74 Å². The highest BCUT2D eigenvalue weighted by atomic mass is 35.5. The van der Waals surface area contributed by atoms with Crippen molar-refractivity contribution in [2.75, 3.05) is 6.61 Å². The number of halogens is 1. The average molecular weight is 203 g/mol. The number of nitrogens with one attached hydrogen (secondary N) is 1. The summed E-state index contributed by atoms with van der Waals surface area (Å²) in [5.41, 5.74) is 0.343. The van der Waals surface area contributed by atoms with Crippen LogP contribution in [-0.4, -0.2) is 17.6 Å². The molecular formula is C7H9ClN3O2+. The Morgan fingerprint density at radius 1 is 1.77 bits per heavy atom. The van der Waals surface area contributed by atoms with Gasteiger partial charge in [-0.25, -0.2) is 4.79 Å². The van der Waals surface area contributed by atoms with Gasteiger partial charge in [0.15, 0.2) is 5.82 Å². The number of H-pyrrole nitrogens is 1. The summed E-state index contributed by atoms with van der Waals surface area (Å²) in [6.07, 6.45) is 1.58. The predicted octanol–water partition coefficient (Wildman–Crippen LogP) is 1.47. The van der Waals surface area contributed by atoms with Crippen molar-refractivity contribution < 1.29 is 21.3 Å². The number of nitrogens with zero attached hydrogens (tertiary/aromatic N) is 2. The van der Waals surface area contributed by atoms with Gasteiger partial charge in [0, 0.05) is 6.20 Å². The molecule has 1 rings (SSSR count). The van der Waals surface area contributed by atoms with Crippen molar-refractivity contribution in [3.05, 3.63) is 17.8 Å². The second-order valence-electron chi connectivity index (χ2n) is 2.14. The molecule has 0 aliphatic rings. The SMILES string of the molecule is CCOC(=O)c1cc[nH]c1/N=N/[ClH+]. The van der Waals surface area contributed by atoms with E-state index in [1.807, 2.05) is 0 Å². The summed E-state index contributed by atoms with van der Waals surface area (Å²) in [4.78, 5) is 13.9. The van der Waals surface area contributed by atoms with Crippen LogP contribution in [0, 0.1) is 11.8 Å². The molecular weight excluding hydrogens is 194 g/mol. The molecule has 0 unspecified atom stereocenters. The zero-order valence-electron chi connectivity index (χ0n) is 6.98. The molecule has 0 radical (unpaired) electrons. The van der Waals surface area contributed by atoms with E-state index in [-0.39, 0.29) is 0 Å². The summed E-state index contributed by atoms with van der Waals surface area (Å²) < 4.78 is 7.93. The highest BCUT2D eigenvalue weighted by molar-refractivity contribution is 5.94. The Labute approximate surface area is 79.9 Å². The zero-order chi connectivity index (χ0) is 9.68. The van der Waals surface area contributed by atoms with Gasteiger partial charge >= 0.3 is 17.7 Å². The lowest BCUT2D eigenvalue weighted by Gasteiger charge is -1.97. The molecule has 0 saturated heterocycles. The van der Waals surface area contributed by atoms with E-state index >= 15 is 0 Å². The second kappa shape index (κ2) is 4.61. The molecule has 70 valence electrons. The van der Waals surface area contributed by atoms with Crippen LogP contribution in [0.15, 0.2) is 22.0 Å². The summed E-state index contributed by atoms with van der Waals surface area (Å²) in [5, 5.41) is 3.55. The normalized spacial score (nSPS) is 10.6. The number of ether oxygens (including phenoxy) is 1. The van der Waals surface area contributed by atoms with E-state index in [9.17, 15) is 4.79 Å². The summed E-state index contributed by atoms with van der Waals surface area (Å²) in [7, 11) is 0. The lowest BCUT2D eigenvalue weighted by Crippen LogP contribution is -2.03.